The van der Waals surface area contributed by atoms with Crippen LogP contribution in [0.4, 0.5) is 0 Å². The third-order valence-electron chi connectivity index (χ3n) is 3.52. The third kappa shape index (κ3) is 9.51. The lowest BCUT2D eigenvalue weighted by molar-refractivity contribution is -0.142. The van der Waals surface area contributed by atoms with Crippen LogP contribution in [0, 0.1) is 5.92 Å². The average molecular weight is 389 g/mol. The molecular formula is C15H27N5O7. The molecule has 0 aromatic rings. The number of aliphatic hydroxyl groups is 1. The Kier molecular flexibility index (Phi) is 10.6. The fourth-order valence-electron chi connectivity index (χ4n) is 1.95. The van der Waals surface area contributed by atoms with E-state index in [1.807, 2.05) is 0 Å². The van der Waals surface area contributed by atoms with Crippen LogP contribution in [0.1, 0.15) is 26.7 Å². The second-order valence-corrected chi connectivity index (χ2v) is 6.20. The van der Waals surface area contributed by atoms with Crippen molar-refractivity contribution in [3.8, 4) is 0 Å². The molecule has 0 bridgehead atoms. The van der Waals surface area contributed by atoms with Gasteiger partial charge in [0.1, 0.15) is 18.1 Å². The molecule has 0 radical (unpaired) electrons. The van der Waals surface area contributed by atoms with E-state index in [2.05, 4.69) is 16.0 Å². The zero-order chi connectivity index (χ0) is 21.1. The molecule has 0 aliphatic rings. The van der Waals surface area contributed by atoms with Crippen LogP contribution in [-0.4, -0.2) is 71.1 Å². The zero-order valence-electron chi connectivity index (χ0n) is 15.2. The van der Waals surface area contributed by atoms with Gasteiger partial charge in [0.25, 0.3) is 0 Å². The standard InChI is InChI=1S/C15H27N5O7/c1-7(2)12(20-11(23)5-18-13(24)8(16)6-21)14(25)19-9(15(26)27)3-4-10(17)22/h7-9,12,21H,3-6,16H2,1-2H3,(H2,17,22)(H,18,24)(H,19,25)(H,20,23)(H,26,27). The maximum Gasteiger partial charge on any atom is 0.326 e. The first kappa shape index (κ1) is 24.3. The number of hydrogen-bond donors (Lipinski definition) is 7. The molecule has 4 amide bonds. The molecule has 0 aliphatic carbocycles. The van der Waals surface area contributed by atoms with Crippen molar-refractivity contribution in [2.24, 2.45) is 17.4 Å². The van der Waals surface area contributed by atoms with E-state index in [4.69, 9.17) is 21.7 Å². The van der Waals surface area contributed by atoms with Gasteiger partial charge in [-0.1, -0.05) is 13.8 Å². The van der Waals surface area contributed by atoms with Crippen molar-refractivity contribution in [3.63, 3.8) is 0 Å². The van der Waals surface area contributed by atoms with Gasteiger partial charge in [0.2, 0.25) is 23.6 Å². The van der Waals surface area contributed by atoms with E-state index in [1.165, 1.54) is 0 Å². The minimum Gasteiger partial charge on any atom is -0.480 e. The molecule has 12 nitrogen and oxygen atoms in total. The van der Waals surface area contributed by atoms with Crippen molar-refractivity contribution in [1.29, 1.82) is 0 Å². The Morgan fingerprint density at radius 1 is 1.04 bits per heavy atom. The van der Waals surface area contributed by atoms with E-state index in [1.54, 1.807) is 13.8 Å². The lowest BCUT2D eigenvalue weighted by atomic mass is 10.0. The number of amides is 4. The van der Waals surface area contributed by atoms with Gasteiger partial charge in [-0.3, -0.25) is 19.2 Å². The van der Waals surface area contributed by atoms with Gasteiger partial charge in [0.05, 0.1) is 13.2 Å². The molecule has 0 aromatic carbocycles. The summed E-state index contributed by atoms with van der Waals surface area (Å²) in [6.45, 7) is 2.19. The van der Waals surface area contributed by atoms with E-state index in [-0.39, 0.29) is 12.8 Å². The quantitative estimate of drug-likeness (QED) is 0.176. The Balaban J connectivity index is 4.82. The van der Waals surface area contributed by atoms with Gasteiger partial charge in [0, 0.05) is 6.42 Å². The topological polar surface area (TPSA) is 214 Å². The van der Waals surface area contributed by atoms with Crippen molar-refractivity contribution in [2.45, 2.75) is 44.8 Å². The Bertz CT molecular complexity index is 567. The summed E-state index contributed by atoms with van der Waals surface area (Å²) in [6.07, 6.45) is -0.419. The van der Waals surface area contributed by atoms with Crippen LogP contribution in [0.5, 0.6) is 0 Å². The van der Waals surface area contributed by atoms with Gasteiger partial charge in [0.15, 0.2) is 0 Å². The van der Waals surface area contributed by atoms with Gasteiger partial charge in [-0.15, -0.1) is 0 Å². The third-order valence-corrected chi connectivity index (χ3v) is 3.52. The number of carboxylic acids is 1. The van der Waals surface area contributed by atoms with Crippen LogP contribution in [0.3, 0.4) is 0 Å². The van der Waals surface area contributed by atoms with Gasteiger partial charge in [-0.05, 0) is 12.3 Å². The molecule has 0 rings (SSSR count). The van der Waals surface area contributed by atoms with Gasteiger partial charge < -0.3 is 37.6 Å². The summed E-state index contributed by atoms with van der Waals surface area (Å²) in [6, 6.07) is -3.59. The molecule has 27 heavy (non-hydrogen) atoms. The summed E-state index contributed by atoms with van der Waals surface area (Å²) in [5.41, 5.74) is 10.3. The number of rotatable bonds is 12. The molecule has 0 spiro atoms. The Morgan fingerprint density at radius 3 is 2.07 bits per heavy atom. The van der Waals surface area contributed by atoms with E-state index < -0.39 is 66.8 Å². The lowest BCUT2D eigenvalue weighted by Crippen LogP contribution is -2.55. The van der Waals surface area contributed by atoms with Crippen molar-refractivity contribution in [1.82, 2.24) is 16.0 Å². The highest BCUT2D eigenvalue weighted by Crippen LogP contribution is 2.04. The molecular weight excluding hydrogens is 362 g/mol. The number of hydrogen-bond acceptors (Lipinski definition) is 7. The minimum absolute atomic E-state index is 0.190. The highest BCUT2D eigenvalue weighted by molar-refractivity contribution is 5.92. The van der Waals surface area contributed by atoms with Crippen molar-refractivity contribution < 1.29 is 34.2 Å². The second kappa shape index (κ2) is 11.8. The van der Waals surface area contributed by atoms with Crippen molar-refractivity contribution >= 4 is 29.6 Å². The summed E-state index contributed by atoms with van der Waals surface area (Å²) in [4.78, 5) is 57.7. The number of carbonyl (C=O) groups is 5. The summed E-state index contributed by atoms with van der Waals surface area (Å²) in [5.74, 6) is -4.64. The molecule has 0 fully saturated rings. The van der Waals surface area contributed by atoms with E-state index in [0.717, 1.165) is 0 Å². The number of nitrogens with two attached hydrogens (primary N) is 2. The monoisotopic (exact) mass is 389 g/mol. The van der Waals surface area contributed by atoms with Crippen molar-refractivity contribution in [3.05, 3.63) is 0 Å². The van der Waals surface area contributed by atoms with E-state index >= 15 is 0 Å². The maximum atomic E-state index is 12.3. The first-order valence-corrected chi connectivity index (χ1v) is 8.24. The molecule has 0 aromatic heterocycles. The molecule has 3 atom stereocenters. The molecule has 0 heterocycles. The minimum atomic E-state index is -1.34. The number of aliphatic hydroxyl groups excluding tert-OH is 1. The maximum absolute atomic E-state index is 12.3. The predicted molar refractivity (Wildman–Crippen MR) is 92.8 cm³/mol. The fourth-order valence-corrected chi connectivity index (χ4v) is 1.95. The Labute approximate surface area is 156 Å². The average Bonchev–Trinajstić information content (AvgIpc) is 2.59. The van der Waals surface area contributed by atoms with E-state index in [9.17, 15) is 24.0 Å². The van der Waals surface area contributed by atoms with Crippen LogP contribution >= 0.6 is 0 Å². The van der Waals surface area contributed by atoms with Crippen LogP contribution < -0.4 is 27.4 Å². The first-order valence-electron chi connectivity index (χ1n) is 8.24. The molecule has 154 valence electrons. The highest BCUT2D eigenvalue weighted by Gasteiger charge is 2.29. The number of carbonyl (C=O) groups excluding carboxylic acids is 4. The van der Waals surface area contributed by atoms with Gasteiger partial charge >= 0.3 is 5.97 Å². The lowest BCUT2D eigenvalue weighted by Gasteiger charge is -2.24. The fraction of sp³-hybridized carbons (Fsp3) is 0.667. The molecule has 0 aliphatic heterocycles. The SMILES string of the molecule is CC(C)C(NC(=O)CNC(=O)C(N)CO)C(=O)NC(CCC(N)=O)C(=O)O. The molecule has 0 saturated carbocycles. The number of nitrogens with one attached hydrogen (secondary N) is 3. The first-order chi connectivity index (χ1) is 12.5. The van der Waals surface area contributed by atoms with Crippen LogP contribution in [0.25, 0.3) is 0 Å². The smallest absolute Gasteiger partial charge is 0.326 e. The van der Waals surface area contributed by atoms with Crippen LogP contribution in [0.15, 0.2) is 0 Å². The van der Waals surface area contributed by atoms with Gasteiger partial charge in [-0.25, -0.2) is 4.79 Å². The van der Waals surface area contributed by atoms with Crippen LogP contribution in [0.2, 0.25) is 0 Å². The largest absolute Gasteiger partial charge is 0.480 e. The number of primary amides is 1. The number of aliphatic carboxylic acids is 1. The van der Waals surface area contributed by atoms with E-state index in [0.29, 0.717) is 0 Å². The number of carboxylic acid groups (broad SMARTS) is 1. The molecule has 0 saturated heterocycles. The summed E-state index contributed by atoms with van der Waals surface area (Å²) in [5, 5.41) is 24.7. The molecule has 12 heteroatoms. The Hall–Kier alpha value is -2.73. The van der Waals surface area contributed by atoms with Crippen molar-refractivity contribution in [2.75, 3.05) is 13.2 Å². The summed E-state index contributed by atoms with van der Waals surface area (Å²) < 4.78 is 0. The second-order valence-electron chi connectivity index (χ2n) is 6.20. The zero-order valence-corrected chi connectivity index (χ0v) is 15.2. The summed E-state index contributed by atoms with van der Waals surface area (Å²) in [7, 11) is 0. The molecule has 9 N–H and O–H groups in total. The molecule has 3 unspecified atom stereocenters. The summed E-state index contributed by atoms with van der Waals surface area (Å²) >= 11 is 0. The predicted octanol–water partition coefficient (Wildman–Crippen LogP) is -3.60. The highest BCUT2D eigenvalue weighted by atomic mass is 16.4. The van der Waals surface area contributed by atoms with Crippen LogP contribution in [-0.2, 0) is 24.0 Å². The van der Waals surface area contributed by atoms with Gasteiger partial charge in [-0.2, -0.15) is 0 Å². The Morgan fingerprint density at radius 2 is 1.63 bits per heavy atom. The normalized spacial score (nSPS) is 14.0.